The summed E-state index contributed by atoms with van der Waals surface area (Å²) in [5.74, 6) is 0. The maximum atomic E-state index is 6.38. The molecule has 0 aliphatic carbocycles. The summed E-state index contributed by atoms with van der Waals surface area (Å²) >= 11 is 0. The zero-order chi connectivity index (χ0) is 21.8. The van der Waals surface area contributed by atoms with Gasteiger partial charge < -0.3 is 0 Å². The van der Waals surface area contributed by atoms with Gasteiger partial charge in [0, 0.05) is 0 Å². The average molecular weight is 429 g/mol. The van der Waals surface area contributed by atoms with Crippen LogP contribution in [0.15, 0.2) is 60.7 Å². The molecule has 1 aromatic heterocycles. The Morgan fingerprint density at radius 1 is 0.774 bits per heavy atom. The van der Waals surface area contributed by atoms with Gasteiger partial charge in [-0.2, -0.15) is 0 Å². The molecule has 158 valence electrons. The van der Waals surface area contributed by atoms with E-state index in [1.807, 2.05) is 0 Å². The minimum absolute atomic E-state index is 0.335. The molecule has 6 rings (SSSR count). The van der Waals surface area contributed by atoms with Gasteiger partial charge in [-0.1, -0.05) is 0 Å². The molecule has 0 saturated carbocycles. The Labute approximate surface area is 184 Å². The third-order valence-corrected chi connectivity index (χ3v) is 11.3. The van der Waals surface area contributed by atoms with Crippen molar-refractivity contribution in [1.29, 1.82) is 0 Å². The molecular weight excluding hydrogens is 400 g/mol. The van der Waals surface area contributed by atoms with Crippen molar-refractivity contribution in [3.63, 3.8) is 0 Å². The van der Waals surface area contributed by atoms with Gasteiger partial charge in [-0.3, -0.25) is 0 Å². The van der Waals surface area contributed by atoms with E-state index in [1.165, 1.54) is 38.1 Å². The molecule has 1 saturated heterocycles. The van der Waals surface area contributed by atoms with Crippen LogP contribution < -0.4 is 16.1 Å². The number of fused-ring (bicyclic) bond motifs is 5. The van der Waals surface area contributed by atoms with E-state index in [0.29, 0.717) is 0 Å². The molecule has 3 heterocycles. The Bertz CT molecular complexity index is 1370. The predicted octanol–water partition coefficient (Wildman–Crippen LogP) is 4.36. The Hall–Kier alpha value is -2.13. The summed E-state index contributed by atoms with van der Waals surface area (Å²) in [6.45, 7) is 13.4. The molecule has 3 aromatic carbocycles. The van der Waals surface area contributed by atoms with Crippen LogP contribution in [0, 0.1) is 0 Å². The first kappa shape index (κ1) is 19.6. The van der Waals surface area contributed by atoms with Gasteiger partial charge in [0.05, 0.1) is 0 Å². The molecule has 0 radical (unpaired) electrons. The molecule has 2 aliphatic heterocycles. The summed E-state index contributed by atoms with van der Waals surface area (Å²) in [7, 11) is -2.25. The zero-order valence-corrected chi connectivity index (χ0v) is 20.1. The van der Waals surface area contributed by atoms with Crippen LogP contribution in [0.25, 0.3) is 27.5 Å². The topological polar surface area (TPSA) is 23.4 Å². The molecule has 1 fully saturated rings. The molecule has 0 spiro atoms. The van der Waals surface area contributed by atoms with E-state index in [2.05, 4.69) is 106 Å². The standard InChI is InChI=1S/C26H29BNO2P/c1-25(2)26(3,4)30-27(29-25)17-14-15-21-23(16-17)31(5,6)22-13-9-11-19-18-10-7-8-12-20(18)28(21)24(19)22/h7-16,31H,1-6H3. The number of rotatable bonds is 1. The van der Waals surface area contributed by atoms with Crippen LogP contribution in [0.4, 0.5) is 0 Å². The molecular formula is C26H29BNO2P. The summed E-state index contributed by atoms with van der Waals surface area (Å²) < 4.78 is 15.2. The van der Waals surface area contributed by atoms with E-state index in [9.17, 15) is 0 Å². The Balaban J connectivity index is 1.61. The summed E-state index contributed by atoms with van der Waals surface area (Å²) in [5, 5.41) is 5.63. The van der Waals surface area contributed by atoms with E-state index in [0.717, 1.165) is 5.46 Å². The predicted molar refractivity (Wildman–Crippen MR) is 136 cm³/mol. The second kappa shape index (κ2) is 6.01. The number of hydrogen-bond acceptors (Lipinski definition) is 2. The van der Waals surface area contributed by atoms with Gasteiger partial charge in [-0.15, -0.1) is 0 Å². The molecule has 31 heavy (non-hydrogen) atoms. The Morgan fingerprint density at radius 2 is 1.45 bits per heavy atom. The van der Waals surface area contributed by atoms with Gasteiger partial charge in [0.2, 0.25) is 0 Å². The van der Waals surface area contributed by atoms with Crippen LogP contribution in [0.1, 0.15) is 27.7 Å². The van der Waals surface area contributed by atoms with Crippen LogP contribution in [0.5, 0.6) is 0 Å². The van der Waals surface area contributed by atoms with Crippen LogP contribution in [-0.4, -0.2) is 36.2 Å². The second-order valence-corrected chi connectivity index (χ2v) is 14.9. The van der Waals surface area contributed by atoms with Crippen LogP contribution in [-0.2, 0) is 9.31 Å². The fourth-order valence-corrected chi connectivity index (χ4v) is 8.30. The Morgan fingerprint density at radius 3 is 2.19 bits per heavy atom. The third kappa shape index (κ3) is 2.47. The molecule has 4 aromatic rings. The number of para-hydroxylation sites is 2. The number of nitrogens with zero attached hydrogens (tertiary/aromatic N) is 1. The third-order valence-electron chi connectivity index (χ3n) is 7.83. The van der Waals surface area contributed by atoms with Crippen LogP contribution in [0.2, 0.25) is 0 Å². The fraction of sp³-hybridized carbons (Fsp3) is 0.308. The number of aromatic nitrogens is 1. The second-order valence-electron chi connectivity index (χ2n) is 10.5. The van der Waals surface area contributed by atoms with Crippen LogP contribution in [0.3, 0.4) is 0 Å². The SMILES string of the molecule is CC1(C)OB(c2ccc3c(c2)[PH](C)(C)c2cccc4c5ccccc5n-3c24)OC1(C)C. The van der Waals surface area contributed by atoms with E-state index in [4.69, 9.17) is 9.31 Å². The van der Waals surface area contributed by atoms with Crippen molar-refractivity contribution < 1.29 is 9.31 Å². The molecule has 0 atom stereocenters. The average Bonchev–Trinajstić information content (AvgIpc) is 3.17. The summed E-state index contributed by atoms with van der Waals surface area (Å²) in [6, 6.07) is 22.4. The van der Waals surface area contributed by atoms with Gasteiger partial charge in [0.25, 0.3) is 0 Å². The van der Waals surface area contributed by atoms with Gasteiger partial charge in [0.15, 0.2) is 0 Å². The normalized spacial score (nSPS) is 21.4. The van der Waals surface area contributed by atoms with E-state index < -0.39 is 7.26 Å². The minimum atomic E-state index is -1.91. The van der Waals surface area contributed by atoms with Crippen molar-refractivity contribution in [1.82, 2.24) is 4.57 Å². The first-order chi connectivity index (χ1) is 14.6. The monoisotopic (exact) mass is 429 g/mol. The van der Waals surface area contributed by atoms with E-state index in [1.54, 1.807) is 0 Å². The molecule has 0 N–H and O–H groups in total. The fourth-order valence-electron chi connectivity index (χ4n) is 5.29. The summed E-state index contributed by atoms with van der Waals surface area (Å²) in [5.41, 5.74) is 4.41. The van der Waals surface area contributed by atoms with Crippen molar-refractivity contribution in [2.45, 2.75) is 38.9 Å². The molecule has 0 bridgehead atoms. The first-order valence-corrected chi connectivity index (χ1v) is 14.1. The van der Waals surface area contributed by atoms with E-state index in [-0.39, 0.29) is 18.3 Å². The van der Waals surface area contributed by atoms with Gasteiger partial charge in [-0.25, -0.2) is 0 Å². The number of hydrogen-bond donors (Lipinski definition) is 0. The van der Waals surface area contributed by atoms with E-state index >= 15 is 0 Å². The first-order valence-electron chi connectivity index (χ1n) is 11.1. The molecule has 2 aliphatic rings. The zero-order valence-electron chi connectivity index (χ0n) is 19.1. The van der Waals surface area contributed by atoms with Crippen molar-refractivity contribution in [2.75, 3.05) is 13.3 Å². The Kier molecular flexibility index (Phi) is 3.79. The van der Waals surface area contributed by atoms with Gasteiger partial charge in [0.1, 0.15) is 0 Å². The molecule has 3 nitrogen and oxygen atoms in total. The molecule has 0 unspecified atom stereocenters. The van der Waals surface area contributed by atoms with Gasteiger partial charge >= 0.3 is 185 Å². The van der Waals surface area contributed by atoms with Crippen molar-refractivity contribution >= 4 is 52.3 Å². The van der Waals surface area contributed by atoms with Crippen LogP contribution >= 0.6 is 7.26 Å². The van der Waals surface area contributed by atoms with Crippen molar-refractivity contribution in [2.24, 2.45) is 0 Å². The molecule has 0 amide bonds. The maximum absolute atomic E-state index is 6.38. The summed E-state index contributed by atoms with van der Waals surface area (Å²) in [4.78, 5) is 0. The van der Waals surface area contributed by atoms with Gasteiger partial charge in [-0.05, 0) is 0 Å². The molecule has 5 heteroatoms. The number of benzene rings is 3. The quantitative estimate of drug-likeness (QED) is 0.332. The van der Waals surface area contributed by atoms with Crippen molar-refractivity contribution in [3.05, 3.63) is 60.7 Å². The van der Waals surface area contributed by atoms with Crippen molar-refractivity contribution in [3.8, 4) is 5.69 Å². The summed E-state index contributed by atoms with van der Waals surface area (Å²) in [6.07, 6.45) is 0.